The molecule has 1 N–H and O–H groups in total. The number of benzene rings is 1. The highest BCUT2D eigenvalue weighted by Gasteiger charge is 2.32. The number of aryl methyl sites for hydroxylation is 1. The van der Waals surface area contributed by atoms with Crippen molar-refractivity contribution in [2.75, 3.05) is 0 Å². The highest BCUT2D eigenvalue weighted by atomic mass is 15.3. The second-order valence-corrected chi connectivity index (χ2v) is 5.61. The predicted octanol–water partition coefficient (Wildman–Crippen LogP) is 2.31. The van der Waals surface area contributed by atoms with Crippen molar-refractivity contribution in [3.63, 3.8) is 0 Å². The molecule has 0 radical (unpaired) electrons. The van der Waals surface area contributed by atoms with Gasteiger partial charge in [-0.2, -0.15) is 0 Å². The average molecular weight is 254 g/mol. The Balaban J connectivity index is 1.68. The number of hydrogen-bond donors (Lipinski definition) is 1. The van der Waals surface area contributed by atoms with E-state index in [1.54, 1.807) is 0 Å². The minimum Gasteiger partial charge on any atom is -0.311 e. The first-order valence-electron chi connectivity index (χ1n) is 7.04. The summed E-state index contributed by atoms with van der Waals surface area (Å²) in [4.78, 5) is 0. The van der Waals surface area contributed by atoms with Gasteiger partial charge in [-0.1, -0.05) is 24.3 Å². The fraction of sp³-hybridized carbons (Fsp3) is 0.467. The number of hydrogen-bond acceptors (Lipinski definition) is 3. The highest BCUT2D eigenvalue weighted by Crippen LogP contribution is 2.38. The van der Waals surface area contributed by atoms with Gasteiger partial charge in [0.25, 0.3) is 0 Å². The van der Waals surface area contributed by atoms with Crippen LogP contribution in [-0.2, 0) is 13.0 Å². The molecule has 0 bridgehead atoms. The molecular formula is C15H18N4. The zero-order chi connectivity index (χ0) is 12.8. The molecule has 1 saturated carbocycles. The summed E-state index contributed by atoms with van der Waals surface area (Å²) in [5.41, 5.74) is 2.85. The van der Waals surface area contributed by atoms with Crippen LogP contribution in [0.3, 0.4) is 0 Å². The first-order valence-corrected chi connectivity index (χ1v) is 7.04. The third kappa shape index (κ3) is 1.87. The molecule has 2 aliphatic rings. The number of nitrogens with one attached hydrogen (secondary N) is 1. The zero-order valence-electron chi connectivity index (χ0n) is 11.1. The minimum atomic E-state index is 0.302. The number of fused-ring (bicyclic) bond motifs is 1. The van der Waals surface area contributed by atoms with Crippen molar-refractivity contribution in [2.24, 2.45) is 0 Å². The minimum absolute atomic E-state index is 0.302. The smallest absolute Gasteiger partial charge is 0.150 e. The van der Waals surface area contributed by atoms with E-state index in [1.807, 2.05) is 0 Å². The maximum atomic E-state index is 4.42. The Morgan fingerprint density at radius 2 is 1.95 bits per heavy atom. The molecule has 1 atom stereocenters. The summed E-state index contributed by atoms with van der Waals surface area (Å²) in [5, 5.41) is 12.3. The molecule has 1 fully saturated rings. The van der Waals surface area contributed by atoms with Crippen LogP contribution >= 0.6 is 0 Å². The van der Waals surface area contributed by atoms with Crippen LogP contribution in [0.4, 0.5) is 0 Å². The summed E-state index contributed by atoms with van der Waals surface area (Å²) < 4.78 is 2.34. The number of aromatic nitrogens is 3. The SMILES string of the molecule is Cc1nnc([C@H]2Cc3ccccc3CN2)n1C1CC1. The van der Waals surface area contributed by atoms with Gasteiger partial charge in [0, 0.05) is 12.6 Å². The summed E-state index contributed by atoms with van der Waals surface area (Å²) in [6, 6.07) is 9.61. The molecule has 0 unspecified atom stereocenters. The first-order chi connectivity index (χ1) is 9.33. The van der Waals surface area contributed by atoms with Crippen molar-refractivity contribution in [1.29, 1.82) is 0 Å². The molecule has 1 aliphatic carbocycles. The molecule has 0 spiro atoms. The van der Waals surface area contributed by atoms with Crippen LogP contribution in [0.25, 0.3) is 0 Å². The maximum absolute atomic E-state index is 4.42. The predicted molar refractivity (Wildman–Crippen MR) is 72.8 cm³/mol. The van der Waals surface area contributed by atoms with E-state index in [1.165, 1.54) is 24.0 Å². The molecule has 4 heteroatoms. The van der Waals surface area contributed by atoms with Gasteiger partial charge in [0.2, 0.25) is 0 Å². The van der Waals surface area contributed by atoms with Crippen LogP contribution in [0.5, 0.6) is 0 Å². The van der Waals surface area contributed by atoms with Gasteiger partial charge in [0.1, 0.15) is 5.82 Å². The highest BCUT2D eigenvalue weighted by molar-refractivity contribution is 5.31. The number of rotatable bonds is 2. The fourth-order valence-electron chi connectivity index (χ4n) is 3.04. The molecule has 1 aromatic carbocycles. The normalized spacial score (nSPS) is 22.3. The monoisotopic (exact) mass is 254 g/mol. The average Bonchev–Trinajstić information content (AvgIpc) is 3.21. The van der Waals surface area contributed by atoms with Crippen LogP contribution in [0, 0.1) is 6.92 Å². The van der Waals surface area contributed by atoms with Crippen molar-refractivity contribution in [3.05, 3.63) is 47.0 Å². The lowest BCUT2D eigenvalue weighted by Crippen LogP contribution is -2.30. The third-order valence-electron chi connectivity index (χ3n) is 4.20. The summed E-state index contributed by atoms with van der Waals surface area (Å²) in [6.45, 7) is 2.99. The molecule has 1 aromatic heterocycles. The Morgan fingerprint density at radius 1 is 1.16 bits per heavy atom. The van der Waals surface area contributed by atoms with Gasteiger partial charge in [-0.15, -0.1) is 10.2 Å². The summed E-state index contributed by atoms with van der Waals surface area (Å²) in [6.07, 6.45) is 3.56. The van der Waals surface area contributed by atoms with E-state index in [2.05, 4.69) is 51.3 Å². The van der Waals surface area contributed by atoms with Crippen LogP contribution in [-0.4, -0.2) is 14.8 Å². The topological polar surface area (TPSA) is 42.7 Å². The van der Waals surface area contributed by atoms with Crippen molar-refractivity contribution in [3.8, 4) is 0 Å². The van der Waals surface area contributed by atoms with Crippen molar-refractivity contribution in [2.45, 2.75) is 44.8 Å². The third-order valence-corrected chi connectivity index (χ3v) is 4.20. The van der Waals surface area contributed by atoms with E-state index < -0.39 is 0 Å². The van der Waals surface area contributed by atoms with Crippen LogP contribution in [0.2, 0.25) is 0 Å². The Labute approximate surface area is 112 Å². The maximum Gasteiger partial charge on any atom is 0.150 e. The molecule has 2 aromatic rings. The van der Waals surface area contributed by atoms with Crippen molar-refractivity contribution in [1.82, 2.24) is 20.1 Å². The van der Waals surface area contributed by atoms with E-state index >= 15 is 0 Å². The van der Waals surface area contributed by atoms with Gasteiger partial charge in [-0.25, -0.2) is 0 Å². The quantitative estimate of drug-likeness (QED) is 0.894. The lowest BCUT2D eigenvalue weighted by Gasteiger charge is -2.26. The Bertz CT molecular complexity index is 612. The Hall–Kier alpha value is -1.68. The zero-order valence-corrected chi connectivity index (χ0v) is 11.1. The molecule has 0 amide bonds. The fourth-order valence-corrected chi connectivity index (χ4v) is 3.04. The lowest BCUT2D eigenvalue weighted by molar-refractivity contribution is 0.453. The lowest BCUT2D eigenvalue weighted by atomic mass is 9.95. The first kappa shape index (κ1) is 11.2. The summed E-state index contributed by atoms with van der Waals surface area (Å²) >= 11 is 0. The van der Waals surface area contributed by atoms with E-state index in [9.17, 15) is 0 Å². The van der Waals surface area contributed by atoms with E-state index in [-0.39, 0.29) is 0 Å². The second kappa shape index (κ2) is 4.17. The van der Waals surface area contributed by atoms with Gasteiger partial charge < -0.3 is 9.88 Å². The largest absolute Gasteiger partial charge is 0.311 e. The van der Waals surface area contributed by atoms with Crippen LogP contribution < -0.4 is 5.32 Å². The van der Waals surface area contributed by atoms with E-state index in [4.69, 9.17) is 0 Å². The summed E-state index contributed by atoms with van der Waals surface area (Å²) in [5.74, 6) is 2.17. The molecule has 98 valence electrons. The van der Waals surface area contributed by atoms with Gasteiger partial charge in [0.05, 0.1) is 6.04 Å². The van der Waals surface area contributed by atoms with Crippen LogP contribution in [0.15, 0.2) is 24.3 Å². The Kier molecular flexibility index (Phi) is 2.45. The molecule has 0 saturated heterocycles. The van der Waals surface area contributed by atoms with Crippen molar-refractivity contribution >= 4 is 0 Å². The second-order valence-electron chi connectivity index (χ2n) is 5.61. The van der Waals surface area contributed by atoms with Crippen LogP contribution in [0.1, 0.15) is 47.7 Å². The van der Waals surface area contributed by atoms with Gasteiger partial charge in [-0.05, 0) is 37.3 Å². The molecule has 19 heavy (non-hydrogen) atoms. The molecule has 2 heterocycles. The van der Waals surface area contributed by atoms with Crippen molar-refractivity contribution < 1.29 is 0 Å². The number of nitrogens with zero attached hydrogens (tertiary/aromatic N) is 3. The van der Waals surface area contributed by atoms with E-state index in [0.29, 0.717) is 12.1 Å². The summed E-state index contributed by atoms with van der Waals surface area (Å²) in [7, 11) is 0. The Morgan fingerprint density at radius 3 is 2.74 bits per heavy atom. The molecule has 4 nitrogen and oxygen atoms in total. The van der Waals surface area contributed by atoms with Gasteiger partial charge in [0.15, 0.2) is 5.82 Å². The standard InChI is InChI=1S/C15H18N4/c1-10-17-18-15(19(10)13-6-7-13)14-8-11-4-2-3-5-12(11)9-16-14/h2-5,13-14,16H,6-9H2,1H3/t14-/m1/s1. The molecule has 4 rings (SSSR count). The van der Waals surface area contributed by atoms with Gasteiger partial charge >= 0.3 is 0 Å². The molecular weight excluding hydrogens is 236 g/mol. The van der Waals surface area contributed by atoms with Gasteiger partial charge in [-0.3, -0.25) is 0 Å². The van der Waals surface area contributed by atoms with E-state index in [0.717, 1.165) is 24.6 Å². The molecule has 1 aliphatic heterocycles.